The molecule has 0 saturated heterocycles. The molecule has 0 spiro atoms. The van der Waals surface area contributed by atoms with E-state index >= 15 is 0 Å². The highest BCUT2D eigenvalue weighted by molar-refractivity contribution is 8.00. The van der Waals surface area contributed by atoms with Crippen LogP contribution in [0.1, 0.15) is 12.5 Å². The summed E-state index contributed by atoms with van der Waals surface area (Å²) in [6, 6.07) is 6.99. The molecule has 0 radical (unpaired) electrons. The highest BCUT2D eigenvalue weighted by atomic mass is 32.2. The summed E-state index contributed by atoms with van der Waals surface area (Å²) in [5.41, 5.74) is 1.27. The number of amides is 1. The summed E-state index contributed by atoms with van der Waals surface area (Å²) >= 11 is 1.30. The first-order chi connectivity index (χ1) is 9.95. The number of rotatable bonds is 4. The normalized spacial score (nSPS) is 12.0. The lowest BCUT2D eigenvalue weighted by atomic mass is 10.3. The highest BCUT2D eigenvalue weighted by Gasteiger charge is 2.16. The van der Waals surface area contributed by atoms with Crippen LogP contribution < -0.4 is 5.32 Å². The summed E-state index contributed by atoms with van der Waals surface area (Å²) in [5, 5.41) is 2.87. The van der Waals surface area contributed by atoms with Gasteiger partial charge in [-0.25, -0.2) is 13.8 Å². The third-order valence-corrected chi connectivity index (χ3v) is 3.79. The van der Waals surface area contributed by atoms with E-state index in [-0.39, 0.29) is 11.6 Å². The molecule has 1 atom stereocenters. The second-order valence-electron chi connectivity index (χ2n) is 4.55. The van der Waals surface area contributed by atoms with Gasteiger partial charge in [-0.1, -0.05) is 17.8 Å². The van der Waals surface area contributed by atoms with E-state index < -0.39 is 16.9 Å². The first kappa shape index (κ1) is 15.4. The average molecular weight is 308 g/mol. The Morgan fingerprint density at radius 2 is 2.00 bits per heavy atom. The number of aromatic nitrogens is 1. The van der Waals surface area contributed by atoms with Crippen LogP contribution in [0.5, 0.6) is 0 Å². The Kier molecular flexibility index (Phi) is 4.90. The van der Waals surface area contributed by atoms with Gasteiger partial charge in [-0.3, -0.25) is 4.79 Å². The number of hydrogen-bond donors (Lipinski definition) is 1. The number of anilines is 1. The van der Waals surface area contributed by atoms with Crippen LogP contribution in [0.15, 0.2) is 41.6 Å². The van der Waals surface area contributed by atoms with Crippen molar-refractivity contribution in [2.45, 2.75) is 24.1 Å². The maximum absolute atomic E-state index is 13.1. The number of benzene rings is 1. The second kappa shape index (κ2) is 6.67. The lowest BCUT2D eigenvalue weighted by Crippen LogP contribution is -2.22. The van der Waals surface area contributed by atoms with Gasteiger partial charge < -0.3 is 5.32 Å². The van der Waals surface area contributed by atoms with Crippen LogP contribution in [0, 0.1) is 18.6 Å². The standard InChI is InChI=1S/C15H14F2N2OS/c1-9-3-6-14(18-8-9)21-10(2)15(20)19-11-4-5-12(16)13(17)7-11/h3-8,10H,1-2H3,(H,19,20). The van der Waals surface area contributed by atoms with Gasteiger partial charge in [0.25, 0.3) is 0 Å². The summed E-state index contributed by atoms with van der Waals surface area (Å²) in [4.78, 5) is 16.2. The minimum atomic E-state index is -0.992. The van der Waals surface area contributed by atoms with Crippen molar-refractivity contribution in [2.24, 2.45) is 0 Å². The molecule has 0 fully saturated rings. The molecule has 6 heteroatoms. The number of pyridine rings is 1. The Hall–Kier alpha value is -1.95. The lowest BCUT2D eigenvalue weighted by Gasteiger charge is -2.11. The van der Waals surface area contributed by atoms with Crippen molar-refractivity contribution in [3.63, 3.8) is 0 Å². The Balaban J connectivity index is 1.98. The highest BCUT2D eigenvalue weighted by Crippen LogP contribution is 2.22. The Morgan fingerprint density at radius 3 is 2.62 bits per heavy atom. The molecule has 0 saturated carbocycles. The molecule has 21 heavy (non-hydrogen) atoms. The zero-order valence-electron chi connectivity index (χ0n) is 11.6. The van der Waals surface area contributed by atoms with Crippen LogP contribution in [0.25, 0.3) is 0 Å². The molecule has 2 rings (SSSR count). The number of halogens is 2. The van der Waals surface area contributed by atoms with Crippen molar-refractivity contribution in [2.75, 3.05) is 5.32 Å². The van der Waals surface area contributed by atoms with Crippen molar-refractivity contribution in [1.82, 2.24) is 4.98 Å². The minimum Gasteiger partial charge on any atom is -0.325 e. The molecule has 1 aromatic carbocycles. The van der Waals surface area contributed by atoms with Gasteiger partial charge >= 0.3 is 0 Å². The van der Waals surface area contributed by atoms with Crippen LogP contribution in [-0.2, 0) is 4.79 Å². The molecule has 1 N–H and O–H groups in total. The fourth-order valence-corrected chi connectivity index (χ4v) is 2.36. The van der Waals surface area contributed by atoms with Gasteiger partial charge in [-0.05, 0) is 37.6 Å². The average Bonchev–Trinajstić information content (AvgIpc) is 2.45. The summed E-state index contributed by atoms with van der Waals surface area (Å²) in [6.45, 7) is 3.65. The van der Waals surface area contributed by atoms with Crippen LogP contribution in [-0.4, -0.2) is 16.1 Å². The molecule has 2 aromatic rings. The predicted octanol–water partition coefficient (Wildman–Crippen LogP) is 3.79. The van der Waals surface area contributed by atoms with Crippen molar-refractivity contribution in [3.8, 4) is 0 Å². The zero-order valence-corrected chi connectivity index (χ0v) is 12.4. The summed E-state index contributed by atoms with van der Waals surface area (Å²) in [6.07, 6.45) is 1.72. The lowest BCUT2D eigenvalue weighted by molar-refractivity contribution is -0.115. The van der Waals surface area contributed by atoms with Crippen LogP contribution >= 0.6 is 11.8 Å². The van der Waals surface area contributed by atoms with Crippen molar-refractivity contribution in [3.05, 3.63) is 53.7 Å². The van der Waals surface area contributed by atoms with E-state index in [4.69, 9.17) is 0 Å². The number of nitrogens with zero attached hydrogens (tertiary/aromatic N) is 1. The molecule has 0 bridgehead atoms. The molecule has 3 nitrogen and oxygen atoms in total. The summed E-state index contributed by atoms with van der Waals surface area (Å²) in [5.74, 6) is -2.24. The predicted molar refractivity (Wildman–Crippen MR) is 79.3 cm³/mol. The maximum atomic E-state index is 13.1. The molecule has 0 aliphatic rings. The van der Waals surface area contributed by atoms with E-state index in [1.165, 1.54) is 17.8 Å². The van der Waals surface area contributed by atoms with Crippen molar-refractivity contribution in [1.29, 1.82) is 0 Å². The molecular weight excluding hydrogens is 294 g/mol. The fourth-order valence-electron chi connectivity index (χ4n) is 1.58. The van der Waals surface area contributed by atoms with Gasteiger partial charge in [0.15, 0.2) is 11.6 Å². The first-order valence-electron chi connectivity index (χ1n) is 6.31. The largest absolute Gasteiger partial charge is 0.325 e. The number of carbonyl (C=O) groups is 1. The molecule has 1 heterocycles. The van der Waals surface area contributed by atoms with Crippen molar-refractivity contribution >= 4 is 23.4 Å². The van der Waals surface area contributed by atoms with E-state index in [1.54, 1.807) is 13.1 Å². The molecular formula is C15H14F2N2OS. The monoisotopic (exact) mass is 308 g/mol. The Bertz CT molecular complexity index is 647. The maximum Gasteiger partial charge on any atom is 0.237 e. The number of nitrogens with one attached hydrogen (secondary N) is 1. The number of thioether (sulfide) groups is 1. The fraction of sp³-hybridized carbons (Fsp3) is 0.200. The molecule has 1 aromatic heterocycles. The summed E-state index contributed by atoms with van der Waals surface area (Å²) < 4.78 is 25.9. The quantitative estimate of drug-likeness (QED) is 0.874. The smallest absolute Gasteiger partial charge is 0.237 e. The van der Waals surface area contributed by atoms with E-state index in [1.807, 2.05) is 19.1 Å². The van der Waals surface area contributed by atoms with Crippen LogP contribution in [0.2, 0.25) is 0 Å². The first-order valence-corrected chi connectivity index (χ1v) is 7.19. The van der Waals surface area contributed by atoms with Gasteiger partial charge in [-0.2, -0.15) is 0 Å². The minimum absolute atomic E-state index is 0.225. The van der Waals surface area contributed by atoms with Gasteiger partial charge in [0.2, 0.25) is 5.91 Å². The van der Waals surface area contributed by atoms with E-state index in [0.29, 0.717) is 0 Å². The van der Waals surface area contributed by atoms with Gasteiger partial charge in [0, 0.05) is 18.0 Å². The zero-order chi connectivity index (χ0) is 15.4. The topological polar surface area (TPSA) is 42.0 Å². The number of aryl methyl sites for hydroxylation is 1. The van der Waals surface area contributed by atoms with Gasteiger partial charge in [-0.15, -0.1) is 0 Å². The van der Waals surface area contributed by atoms with E-state index in [2.05, 4.69) is 10.3 Å². The van der Waals surface area contributed by atoms with Crippen molar-refractivity contribution < 1.29 is 13.6 Å². The Labute approximate surface area is 125 Å². The second-order valence-corrected chi connectivity index (χ2v) is 5.91. The SMILES string of the molecule is Cc1ccc(SC(C)C(=O)Nc2ccc(F)c(F)c2)nc1. The third-order valence-electron chi connectivity index (χ3n) is 2.74. The molecule has 1 amide bonds. The molecule has 1 unspecified atom stereocenters. The van der Waals surface area contributed by atoms with Crippen LogP contribution in [0.3, 0.4) is 0 Å². The van der Waals surface area contributed by atoms with E-state index in [9.17, 15) is 13.6 Å². The third kappa shape index (κ3) is 4.26. The van der Waals surface area contributed by atoms with Gasteiger partial charge in [0.05, 0.1) is 10.3 Å². The molecule has 110 valence electrons. The van der Waals surface area contributed by atoms with Crippen LogP contribution in [0.4, 0.5) is 14.5 Å². The van der Waals surface area contributed by atoms with E-state index in [0.717, 1.165) is 22.7 Å². The molecule has 0 aliphatic carbocycles. The summed E-state index contributed by atoms with van der Waals surface area (Å²) in [7, 11) is 0. The number of carbonyl (C=O) groups excluding carboxylic acids is 1. The Morgan fingerprint density at radius 1 is 1.24 bits per heavy atom. The van der Waals surface area contributed by atoms with Gasteiger partial charge in [0.1, 0.15) is 0 Å². The molecule has 0 aliphatic heterocycles. The number of hydrogen-bond acceptors (Lipinski definition) is 3.